The molecule has 0 saturated carbocycles. The summed E-state index contributed by atoms with van der Waals surface area (Å²) in [6, 6.07) is 12.5. The van der Waals surface area contributed by atoms with Crippen LogP contribution >= 0.6 is 0 Å². The van der Waals surface area contributed by atoms with E-state index in [0.717, 1.165) is 12.1 Å². The van der Waals surface area contributed by atoms with E-state index in [1.54, 1.807) is 28.0 Å². The molecule has 35 heavy (non-hydrogen) atoms. The van der Waals surface area contributed by atoms with Crippen LogP contribution in [-0.2, 0) is 11.2 Å². The second-order valence-corrected chi connectivity index (χ2v) is 8.39. The van der Waals surface area contributed by atoms with Gasteiger partial charge in [0.2, 0.25) is 5.91 Å². The number of nitrogens with zero attached hydrogens (tertiary/aromatic N) is 4. The molecule has 10 nitrogen and oxygen atoms in total. The van der Waals surface area contributed by atoms with Gasteiger partial charge in [-0.2, -0.15) is 5.10 Å². The molecule has 0 spiro atoms. The predicted octanol–water partition coefficient (Wildman–Crippen LogP) is 2.32. The summed E-state index contributed by atoms with van der Waals surface area (Å²) in [5.41, 5.74) is 8.44. The molecule has 2 N–H and O–H groups in total. The average molecular weight is 476 g/mol. The van der Waals surface area contributed by atoms with Gasteiger partial charge in [-0.1, -0.05) is 0 Å². The van der Waals surface area contributed by atoms with E-state index in [1.165, 1.54) is 18.9 Å². The van der Waals surface area contributed by atoms with E-state index in [4.69, 9.17) is 15.2 Å². The number of anilines is 2. The fraction of sp³-hybridized carbons (Fsp3) is 0.280. The summed E-state index contributed by atoms with van der Waals surface area (Å²) < 4.78 is 12.1. The van der Waals surface area contributed by atoms with Gasteiger partial charge in [-0.3, -0.25) is 14.4 Å². The van der Waals surface area contributed by atoms with Crippen molar-refractivity contribution < 1.29 is 23.9 Å². The quantitative estimate of drug-likeness (QED) is 0.584. The first kappa shape index (κ1) is 22.5. The Morgan fingerprint density at radius 3 is 2.06 bits per heavy atom. The van der Waals surface area contributed by atoms with Crippen molar-refractivity contribution in [2.45, 2.75) is 19.3 Å². The molecule has 1 saturated heterocycles. The number of nitrogens with two attached hydrogens (primary N) is 1. The third-order valence-electron chi connectivity index (χ3n) is 6.38. The third kappa shape index (κ3) is 3.86. The van der Waals surface area contributed by atoms with Gasteiger partial charge in [0.1, 0.15) is 17.2 Å². The number of rotatable bonds is 6. The molecule has 1 aromatic heterocycles. The van der Waals surface area contributed by atoms with Crippen LogP contribution in [0.2, 0.25) is 0 Å². The first-order valence-electron chi connectivity index (χ1n) is 11.3. The number of fused-ring (bicyclic) bond motifs is 1. The van der Waals surface area contributed by atoms with Crippen LogP contribution < -0.4 is 25.0 Å². The van der Waals surface area contributed by atoms with Gasteiger partial charge in [0.05, 0.1) is 19.9 Å². The summed E-state index contributed by atoms with van der Waals surface area (Å²) in [7, 11) is 3.05. The van der Waals surface area contributed by atoms with Gasteiger partial charge in [0.15, 0.2) is 5.69 Å². The highest BCUT2D eigenvalue weighted by Crippen LogP contribution is 2.32. The standard InChI is InChI=1S/C25H25N5O5/c1-34-18-12-17(13-19(14-18)35-2)30-23-20(22(27-30)24(26)32)9-11-29(25(23)33)16-7-5-15(6-8-16)28-10-3-4-21(28)31/h5-8,12-14H,3-4,9-11H2,1-2H3,(H2,26,32). The van der Waals surface area contributed by atoms with Crippen LogP contribution in [0.15, 0.2) is 42.5 Å². The topological polar surface area (TPSA) is 120 Å². The molecule has 3 aromatic rings. The summed E-state index contributed by atoms with van der Waals surface area (Å²) >= 11 is 0. The van der Waals surface area contributed by atoms with Crippen molar-refractivity contribution in [3.63, 3.8) is 0 Å². The summed E-state index contributed by atoms with van der Waals surface area (Å²) in [6.07, 6.45) is 1.80. The number of amides is 3. The van der Waals surface area contributed by atoms with Gasteiger partial charge in [0, 0.05) is 54.6 Å². The van der Waals surface area contributed by atoms with Crippen LogP contribution in [0.1, 0.15) is 39.4 Å². The largest absolute Gasteiger partial charge is 0.497 e. The molecule has 2 aliphatic heterocycles. The zero-order valence-electron chi connectivity index (χ0n) is 19.5. The maximum Gasteiger partial charge on any atom is 0.277 e. The number of hydrogen-bond acceptors (Lipinski definition) is 6. The minimum atomic E-state index is -0.698. The normalized spacial score (nSPS) is 15.4. The lowest BCUT2D eigenvalue weighted by atomic mass is 10.0. The second-order valence-electron chi connectivity index (χ2n) is 8.39. The summed E-state index contributed by atoms with van der Waals surface area (Å²) in [4.78, 5) is 41.3. The van der Waals surface area contributed by atoms with E-state index < -0.39 is 5.91 Å². The molecule has 2 aromatic carbocycles. The van der Waals surface area contributed by atoms with Crippen molar-refractivity contribution in [3.8, 4) is 17.2 Å². The first-order valence-corrected chi connectivity index (χ1v) is 11.3. The minimum absolute atomic E-state index is 0.0673. The number of hydrogen-bond donors (Lipinski definition) is 1. The van der Waals surface area contributed by atoms with Gasteiger partial charge in [-0.05, 0) is 37.1 Å². The molecule has 180 valence electrons. The number of methoxy groups -OCH3 is 2. The SMILES string of the molecule is COc1cc(OC)cc(-n2nc(C(N)=O)c3c2C(=O)N(c2ccc(N4CCCC4=O)cc2)CC3)c1. The number of carbonyl (C=O) groups excluding carboxylic acids is 3. The van der Waals surface area contributed by atoms with Gasteiger partial charge in [0.25, 0.3) is 11.8 Å². The van der Waals surface area contributed by atoms with Crippen molar-refractivity contribution in [3.05, 3.63) is 59.4 Å². The van der Waals surface area contributed by atoms with Crippen LogP contribution in [0.5, 0.6) is 11.5 Å². The first-order chi connectivity index (χ1) is 16.9. The Morgan fingerprint density at radius 1 is 0.886 bits per heavy atom. The molecular weight excluding hydrogens is 450 g/mol. The number of carbonyl (C=O) groups is 3. The molecule has 0 bridgehead atoms. The van der Waals surface area contributed by atoms with Gasteiger partial charge < -0.3 is 25.0 Å². The molecule has 5 rings (SSSR count). The fourth-order valence-corrected chi connectivity index (χ4v) is 4.64. The Hall–Kier alpha value is -4.34. The molecular formula is C25H25N5O5. The predicted molar refractivity (Wildman–Crippen MR) is 129 cm³/mol. The molecule has 2 aliphatic rings. The van der Waals surface area contributed by atoms with Crippen LogP contribution in [0, 0.1) is 0 Å². The molecule has 0 aliphatic carbocycles. The summed E-state index contributed by atoms with van der Waals surface area (Å²) in [6.45, 7) is 1.06. The Kier molecular flexibility index (Phi) is 5.64. The molecule has 3 heterocycles. The molecule has 10 heteroatoms. The van der Waals surface area contributed by atoms with Crippen LogP contribution in [0.25, 0.3) is 5.69 Å². The van der Waals surface area contributed by atoms with Crippen molar-refractivity contribution in [1.82, 2.24) is 9.78 Å². The highest BCUT2D eigenvalue weighted by atomic mass is 16.5. The van der Waals surface area contributed by atoms with E-state index in [2.05, 4.69) is 5.10 Å². The smallest absolute Gasteiger partial charge is 0.277 e. The molecule has 1 fully saturated rings. The highest BCUT2D eigenvalue weighted by Gasteiger charge is 2.35. The lowest BCUT2D eigenvalue weighted by Gasteiger charge is -2.28. The maximum absolute atomic E-state index is 13.7. The van der Waals surface area contributed by atoms with E-state index in [1.807, 2.05) is 24.3 Å². The van der Waals surface area contributed by atoms with Crippen LogP contribution in [0.4, 0.5) is 11.4 Å². The van der Waals surface area contributed by atoms with E-state index in [0.29, 0.717) is 54.4 Å². The van der Waals surface area contributed by atoms with E-state index in [-0.39, 0.29) is 23.2 Å². The Morgan fingerprint density at radius 2 is 1.51 bits per heavy atom. The number of primary amides is 1. The zero-order chi connectivity index (χ0) is 24.7. The molecule has 3 amide bonds. The second kappa shape index (κ2) is 8.79. The number of ether oxygens (including phenoxy) is 2. The van der Waals surface area contributed by atoms with Crippen molar-refractivity contribution in [1.29, 1.82) is 0 Å². The van der Waals surface area contributed by atoms with Crippen molar-refractivity contribution in [2.24, 2.45) is 5.73 Å². The number of aromatic nitrogens is 2. The molecule has 0 unspecified atom stereocenters. The highest BCUT2D eigenvalue weighted by molar-refractivity contribution is 6.09. The zero-order valence-corrected chi connectivity index (χ0v) is 19.5. The Labute approximate surface area is 201 Å². The van der Waals surface area contributed by atoms with Gasteiger partial charge >= 0.3 is 0 Å². The molecule has 0 radical (unpaired) electrons. The van der Waals surface area contributed by atoms with Gasteiger partial charge in [-0.15, -0.1) is 0 Å². The average Bonchev–Trinajstić information content (AvgIpc) is 3.48. The monoisotopic (exact) mass is 475 g/mol. The Balaban J connectivity index is 1.55. The third-order valence-corrected chi connectivity index (χ3v) is 6.38. The summed E-state index contributed by atoms with van der Waals surface area (Å²) in [5.74, 6) is 0.120. The van der Waals surface area contributed by atoms with Crippen molar-refractivity contribution >= 4 is 29.1 Å². The summed E-state index contributed by atoms with van der Waals surface area (Å²) in [5, 5.41) is 4.41. The lowest BCUT2D eigenvalue weighted by Crippen LogP contribution is -2.39. The van der Waals surface area contributed by atoms with Crippen molar-refractivity contribution in [2.75, 3.05) is 37.1 Å². The number of benzene rings is 2. The van der Waals surface area contributed by atoms with Crippen LogP contribution in [0.3, 0.4) is 0 Å². The molecule has 0 atom stereocenters. The Bertz CT molecular complexity index is 1310. The van der Waals surface area contributed by atoms with Gasteiger partial charge in [-0.25, -0.2) is 4.68 Å². The van der Waals surface area contributed by atoms with E-state index in [9.17, 15) is 14.4 Å². The fourth-order valence-electron chi connectivity index (χ4n) is 4.64. The maximum atomic E-state index is 13.7. The lowest BCUT2D eigenvalue weighted by molar-refractivity contribution is -0.117. The van der Waals surface area contributed by atoms with Crippen LogP contribution in [-0.4, -0.2) is 54.8 Å². The van der Waals surface area contributed by atoms with E-state index >= 15 is 0 Å². The minimum Gasteiger partial charge on any atom is -0.497 e.